The number of amides is 1. The molecule has 1 amide bonds. The summed E-state index contributed by atoms with van der Waals surface area (Å²) in [6.07, 6.45) is 0. The minimum Gasteiger partial charge on any atom is -0.508 e. The SMILES string of the molecule is Cc1cc(C(=O)N(C)c2ccc(O)cc2)ccc1[N+](=O)[O-]. The van der Waals surface area contributed by atoms with Gasteiger partial charge < -0.3 is 10.0 Å². The van der Waals surface area contributed by atoms with Crippen molar-refractivity contribution in [3.8, 4) is 5.75 Å². The number of carbonyl (C=O) groups excluding carboxylic acids is 1. The van der Waals surface area contributed by atoms with E-state index in [1.54, 1.807) is 26.1 Å². The number of carbonyl (C=O) groups is 1. The minimum absolute atomic E-state index is 0.0150. The van der Waals surface area contributed by atoms with E-state index in [4.69, 9.17) is 0 Å². The minimum atomic E-state index is -0.479. The third-order valence-electron chi connectivity index (χ3n) is 3.18. The normalized spacial score (nSPS) is 10.2. The number of hydrogen-bond donors (Lipinski definition) is 1. The molecule has 2 aromatic carbocycles. The quantitative estimate of drug-likeness (QED) is 0.694. The number of hydrogen-bond acceptors (Lipinski definition) is 4. The van der Waals surface area contributed by atoms with E-state index in [0.29, 0.717) is 16.8 Å². The summed E-state index contributed by atoms with van der Waals surface area (Å²) >= 11 is 0. The molecule has 0 aliphatic carbocycles. The number of nitro benzene ring substituents is 1. The van der Waals surface area contributed by atoms with Crippen molar-refractivity contribution in [2.45, 2.75) is 6.92 Å². The number of phenols is 1. The zero-order valence-electron chi connectivity index (χ0n) is 11.6. The largest absolute Gasteiger partial charge is 0.508 e. The maximum Gasteiger partial charge on any atom is 0.272 e. The number of nitro groups is 1. The van der Waals surface area contributed by atoms with Crippen molar-refractivity contribution in [2.24, 2.45) is 0 Å². The van der Waals surface area contributed by atoms with Crippen molar-refractivity contribution in [3.05, 3.63) is 63.7 Å². The van der Waals surface area contributed by atoms with Crippen LogP contribution in [0.5, 0.6) is 5.75 Å². The van der Waals surface area contributed by atoms with Crippen molar-refractivity contribution >= 4 is 17.3 Å². The van der Waals surface area contributed by atoms with E-state index in [0.717, 1.165) is 0 Å². The number of aromatic hydroxyl groups is 1. The van der Waals surface area contributed by atoms with Gasteiger partial charge in [0.1, 0.15) is 5.75 Å². The number of aryl methyl sites for hydroxylation is 1. The van der Waals surface area contributed by atoms with Gasteiger partial charge in [0.25, 0.3) is 11.6 Å². The Labute approximate surface area is 121 Å². The van der Waals surface area contributed by atoms with E-state index < -0.39 is 4.92 Å². The smallest absolute Gasteiger partial charge is 0.272 e. The Morgan fingerprint density at radius 1 is 1.19 bits per heavy atom. The Bertz CT molecular complexity index is 695. The van der Waals surface area contributed by atoms with Gasteiger partial charge in [-0.1, -0.05) is 0 Å². The van der Waals surface area contributed by atoms with E-state index in [9.17, 15) is 20.0 Å². The number of benzene rings is 2. The van der Waals surface area contributed by atoms with Crippen molar-refractivity contribution < 1.29 is 14.8 Å². The number of anilines is 1. The summed E-state index contributed by atoms with van der Waals surface area (Å²) in [5.41, 5.74) is 1.41. The highest BCUT2D eigenvalue weighted by atomic mass is 16.6. The zero-order chi connectivity index (χ0) is 15.6. The van der Waals surface area contributed by atoms with Crippen LogP contribution in [-0.4, -0.2) is 23.0 Å². The summed E-state index contributed by atoms with van der Waals surface area (Å²) in [4.78, 5) is 24.1. The molecule has 0 aliphatic heterocycles. The van der Waals surface area contributed by atoms with Crippen LogP contribution in [0.2, 0.25) is 0 Å². The maximum atomic E-state index is 12.4. The molecule has 0 unspecified atom stereocenters. The van der Waals surface area contributed by atoms with Gasteiger partial charge in [0.2, 0.25) is 0 Å². The van der Waals surface area contributed by atoms with Gasteiger partial charge in [-0.2, -0.15) is 0 Å². The Hall–Kier alpha value is -2.89. The molecular formula is C15H14N2O4. The highest BCUT2D eigenvalue weighted by molar-refractivity contribution is 6.06. The molecule has 0 fully saturated rings. The Morgan fingerprint density at radius 3 is 2.33 bits per heavy atom. The first kappa shape index (κ1) is 14.5. The van der Waals surface area contributed by atoms with Crippen molar-refractivity contribution in [1.82, 2.24) is 0 Å². The van der Waals surface area contributed by atoms with Gasteiger partial charge in [-0.25, -0.2) is 0 Å². The lowest BCUT2D eigenvalue weighted by Gasteiger charge is -2.17. The molecule has 21 heavy (non-hydrogen) atoms. The monoisotopic (exact) mass is 286 g/mol. The molecule has 0 heterocycles. The lowest BCUT2D eigenvalue weighted by Crippen LogP contribution is -2.26. The summed E-state index contributed by atoms with van der Waals surface area (Å²) in [7, 11) is 1.60. The molecule has 2 aromatic rings. The second kappa shape index (κ2) is 5.62. The lowest BCUT2D eigenvalue weighted by molar-refractivity contribution is -0.385. The van der Waals surface area contributed by atoms with Gasteiger partial charge in [0.05, 0.1) is 4.92 Å². The van der Waals surface area contributed by atoms with Crippen LogP contribution >= 0.6 is 0 Å². The third kappa shape index (κ3) is 3.00. The van der Waals surface area contributed by atoms with E-state index >= 15 is 0 Å². The van der Waals surface area contributed by atoms with Gasteiger partial charge in [0.15, 0.2) is 0 Å². The first-order valence-corrected chi connectivity index (χ1v) is 6.22. The molecule has 108 valence electrons. The van der Waals surface area contributed by atoms with Gasteiger partial charge >= 0.3 is 0 Å². The summed E-state index contributed by atoms with van der Waals surface area (Å²) in [6.45, 7) is 1.59. The second-order valence-electron chi connectivity index (χ2n) is 4.64. The van der Waals surface area contributed by atoms with Crippen molar-refractivity contribution in [3.63, 3.8) is 0 Å². The van der Waals surface area contributed by atoms with Crippen LogP contribution in [0.25, 0.3) is 0 Å². The van der Waals surface area contributed by atoms with Crippen LogP contribution in [0.15, 0.2) is 42.5 Å². The topological polar surface area (TPSA) is 83.7 Å². The van der Waals surface area contributed by atoms with E-state index in [1.165, 1.54) is 35.2 Å². The molecule has 0 atom stereocenters. The molecule has 0 saturated carbocycles. The van der Waals surface area contributed by atoms with E-state index in [1.807, 2.05) is 0 Å². The summed E-state index contributed by atoms with van der Waals surface area (Å²) in [6, 6.07) is 10.5. The number of rotatable bonds is 3. The summed E-state index contributed by atoms with van der Waals surface area (Å²) < 4.78 is 0. The highest BCUT2D eigenvalue weighted by Gasteiger charge is 2.17. The molecule has 0 bridgehead atoms. The van der Waals surface area contributed by atoms with Gasteiger partial charge in [-0.15, -0.1) is 0 Å². The highest BCUT2D eigenvalue weighted by Crippen LogP contribution is 2.22. The molecule has 0 spiro atoms. The first-order chi connectivity index (χ1) is 9.90. The second-order valence-corrected chi connectivity index (χ2v) is 4.64. The fourth-order valence-electron chi connectivity index (χ4n) is 1.98. The molecule has 0 aliphatic rings. The van der Waals surface area contributed by atoms with E-state index in [-0.39, 0.29) is 17.3 Å². The fraction of sp³-hybridized carbons (Fsp3) is 0.133. The average molecular weight is 286 g/mol. The van der Waals surface area contributed by atoms with Crippen LogP contribution in [0.1, 0.15) is 15.9 Å². The molecule has 0 radical (unpaired) electrons. The van der Waals surface area contributed by atoms with Gasteiger partial charge in [-0.05, 0) is 43.3 Å². The fourth-order valence-corrected chi connectivity index (χ4v) is 1.98. The van der Waals surface area contributed by atoms with Gasteiger partial charge in [-0.3, -0.25) is 14.9 Å². The Kier molecular flexibility index (Phi) is 3.89. The van der Waals surface area contributed by atoms with Crippen LogP contribution in [0, 0.1) is 17.0 Å². The molecular weight excluding hydrogens is 272 g/mol. The Morgan fingerprint density at radius 2 is 1.81 bits per heavy atom. The number of phenolic OH excluding ortho intramolecular Hbond substituents is 1. The predicted molar refractivity (Wildman–Crippen MR) is 78.7 cm³/mol. The summed E-state index contributed by atoms with van der Waals surface area (Å²) in [5.74, 6) is -0.163. The van der Waals surface area contributed by atoms with Crippen molar-refractivity contribution in [2.75, 3.05) is 11.9 Å². The van der Waals surface area contributed by atoms with Crippen LogP contribution < -0.4 is 4.90 Å². The third-order valence-corrected chi connectivity index (χ3v) is 3.18. The lowest BCUT2D eigenvalue weighted by atomic mass is 10.1. The molecule has 0 saturated heterocycles. The maximum absolute atomic E-state index is 12.4. The molecule has 2 rings (SSSR count). The standard InChI is InChI=1S/C15H14N2O4/c1-10-9-11(3-8-14(10)17(20)21)15(19)16(2)12-4-6-13(18)7-5-12/h3-9,18H,1-2H3. The molecule has 0 aromatic heterocycles. The number of nitrogens with zero attached hydrogens (tertiary/aromatic N) is 2. The van der Waals surface area contributed by atoms with E-state index in [2.05, 4.69) is 0 Å². The van der Waals surface area contributed by atoms with Gasteiger partial charge in [0, 0.05) is 29.9 Å². The molecule has 1 N–H and O–H groups in total. The van der Waals surface area contributed by atoms with Crippen molar-refractivity contribution in [1.29, 1.82) is 0 Å². The average Bonchev–Trinajstić information content (AvgIpc) is 2.46. The first-order valence-electron chi connectivity index (χ1n) is 6.22. The predicted octanol–water partition coefficient (Wildman–Crippen LogP) is 2.89. The Balaban J connectivity index is 2.29. The van der Waals surface area contributed by atoms with Crippen LogP contribution in [-0.2, 0) is 0 Å². The molecule has 6 heteroatoms. The summed E-state index contributed by atoms with van der Waals surface area (Å²) in [5, 5.41) is 20.0. The van der Waals surface area contributed by atoms with Crippen LogP contribution in [0.4, 0.5) is 11.4 Å². The zero-order valence-corrected chi connectivity index (χ0v) is 11.6. The molecule has 6 nitrogen and oxygen atoms in total. The van der Waals surface area contributed by atoms with Crippen LogP contribution in [0.3, 0.4) is 0 Å².